The van der Waals surface area contributed by atoms with Gasteiger partial charge in [-0.1, -0.05) is 25.7 Å². The molecule has 0 radical (unpaired) electrons. The fraction of sp³-hybridized carbons (Fsp3) is 0.381. The Labute approximate surface area is 170 Å². The van der Waals surface area contributed by atoms with E-state index in [9.17, 15) is 14.4 Å². The van der Waals surface area contributed by atoms with Gasteiger partial charge in [0.2, 0.25) is 5.41 Å². The number of esters is 3. The molecule has 8 nitrogen and oxygen atoms in total. The summed E-state index contributed by atoms with van der Waals surface area (Å²) in [7, 11) is 0. The molecule has 0 aromatic carbocycles. The molecule has 0 aromatic heterocycles. The molecule has 0 spiro atoms. The fourth-order valence-electron chi connectivity index (χ4n) is 1.54. The Kier molecular flexibility index (Phi) is 12.5. The van der Waals surface area contributed by atoms with Gasteiger partial charge in [0.15, 0.2) is 0 Å². The molecule has 0 bridgehead atoms. The Hall–Kier alpha value is -3.74. The summed E-state index contributed by atoms with van der Waals surface area (Å²) in [5.74, 6) is 3.60. The lowest BCUT2D eigenvalue weighted by Gasteiger charge is -2.22. The lowest BCUT2D eigenvalue weighted by Crippen LogP contribution is -2.43. The summed E-state index contributed by atoms with van der Waals surface area (Å²) in [5, 5.41) is 3.43. The van der Waals surface area contributed by atoms with E-state index in [1.54, 1.807) is 13.8 Å². The smallest absolute Gasteiger partial charge is 0.359 e. The van der Waals surface area contributed by atoms with E-state index >= 15 is 0 Å². The first-order valence-corrected chi connectivity index (χ1v) is 8.68. The number of hydrogen-bond donors (Lipinski definition) is 0. The van der Waals surface area contributed by atoms with Gasteiger partial charge >= 0.3 is 17.9 Å². The van der Waals surface area contributed by atoms with E-state index in [1.165, 1.54) is 25.3 Å². The van der Waals surface area contributed by atoms with Crippen molar-refractivity contribution in [3.63, 3.8) is 0 Å². The molecule has 0 saturated carbocycles. The van der Waals surface area contributed by atoms with E-state index < -0.39 is 28.9 Å². The van der Waals surface area contributed by atoms with Crippen LogP contribution in [0, 0.1) is 29.5 Å². The molecule has 29 heavy (non-hydrogen) atoms. The van der Waals surface area contributed by atoms with Crippen molar-refractivity contribution in [2.24, 2.45) is 10.6 Å². The maximum absolute atomic E-state index is 12.7. The Morgan fingerprint density at radius 2 is 1.79 bits per heavy atom. The molecule has 154 valence electrons. The summed E-state index contributed by atoms with van der Waals surface area (Å²) in [6, 6.07) is 0. The van der Waals surface area contributed by atoms with Gasteiger partial charge in [-0.25, -0.2) is 9.59 Å². The van der Waals surface area contributed by atoms with Crippen LogP contribution in [-0.2, 0) is 33.4 Å². The molecule has 0 amide bonds. The number of hydrogen-bond acceptors (Lipinski definition) is 8. The van der Waals surface area contributed by atoms with Gasteiger partial charge in [0.25, 0.3) is 0 Å². The van der Waals surface area contributed by atoms with E-state index in [2.05, 4.69) is 35.1 Å². The zero-order chi connectivity index (χ0) is 22.1. The van der Waals surface area contributed by atoms with Gasteiger partial charge in [-0.3, -0.25) is 4.79 Å². The van der Waals surface area contributed by atoms with Crippen molar-refractivity contribution < 1.29 is 33.4 Å². The average Bonchev–Trinajstić information content (AvgIpc) is 2.71. The van der Waals surface area contributed by atoms with Crippen molar-refractivity contribution in [3.8, 4) is 24.1 Å². The molecule has 0 rings (SSSR count). The fourth-order valence-corrected chi connectivity index (χ4v) is 1.54. The van der Waals surface area contributed by atoms with Crippen LogP contribution in [0.25, 0.3) is 0 Å². The molecule has 1 atom stereocenters. The predicted octanol–water partition coefficient (Wildman–Crippen LogP) is 2.96. The first-order chi connectivity index (χ1) is 13.9. The Balaban J connectivity index is 6.41. The summed E-state index contributed by atoms with van der Waals surface area (Å²) in [6.45, 7) is 7.74. The van der Waals surface area contributed by atoms with E-state index in [0.717, 1.165) is 13.2 Å². The van der Waals surface area contributed by atoms with Crippen molar-refractivity contribution in [3.05, 3.63) is 30.2 Å². The van der Waals surface area contributed by atoms with Crippen LogP contribution in [0.4, 0.5) is 0 Å². The maximum atomic E-state index is 12.7. The third-order valence-corrected chi connectivity index (χ3v) is 3.07. The molecule has 0 aliphatic carbocycles. The van der Waals surface area contributed by atoms with Crippen molar-refractivity contribution in [2.75, 3.05) is 0 Å². The molecule has 8 heteroatoms. The van der Waals surface area contributed by atoms with Gasteiger partial charge in [-0.2, -0.15) is 0 Å². The number of allylic oxidation sites excluding steroid dienone is 2. The van der Waals surface area contributed by atoms with Crippen molar-refractivity contribution >= 4 is 23.8 Å². The van der Waals surface area contributed by atoms with Gasteiger partial charge in [0.1, 0.15) is 24.0 Å². The minimum atomic E-state index is -2.31. The molecule has 0 N–H and O–H groups in total. The van der Waals surface area contributed by atoms with Gasteiger partial charge in [0.05, 0.1) is 6.26 Å². The largest absolute Gasteiger partial charge is 0.434 e. The second kappa shape index (κ2) is 14.3. The highest BCUT2D eigenvalue weighted by Gasteiger charge is 2.52. The minimum absolute atomic E-state index is 0.417. The first-order valence-electron chi connectivity index (χ1n) is 8.68. The quantitative estimate of drug-likeness (QED) is 0.0901. The van der Waals surface area contributed by atoms with Gasteiger partial charge in [-0.05, 0) is 37.6 Å². The highest BCUT2D eigenvalue weighted by Crippen LogP contribution is 2.30. The second-order valence-electron chi connectivity index (χ2n) is 5.23. The average molecular weight is 401 g/mol. The molecule has 0 aliphatic heterocycles. The molecule has 0 fully saturated rings. The van der Waals surface area contributed by atoms with Crippen LogP contribution in [0.15, 0.2) is 35.4 Å². The van der Waals surface area contributed by atoms with Gasteiger partial charge < -0.3 is 19.0 Å². The SMILES string of the molecule is CC#COC(=O)C(C)(C(=O)OC=CCC)C(=C=NOC=CC)C(=O)OC#CCC. The number of nitrogens with zero attached hydrogens (tertiary/aromatic N) is 1. The Morgan fingerprint density at radius 3 is 2.38 bits per heavy atom. The van der Waals surface area contributed by atoms with Crippen LogP contribution in [0.1, 0.15) is 47.5 Å². The van der Waals surface area contributed by atoms with Crippen LogP contribution in [-0.4, -0.2) is 23.8 Å². The summed E-state index contributed by atoms with van der Waals surface area (Å²) in [5.41, 5.74) is -2.94. The summed E-state index contributed by atoms with van der Waals surface area (Å²) in [6.07, 6.45) is 10.6. The van der Waals surface area contributed by atoms with Crippen molar-refractivity contribution in [1.82, 2.24) is 0 Å². The zero-order valence-electron chi connectivity index (χ0n) is 17.0. The summed E-state index contributed by atoms with van der Waals surface area (Å²) < 4.78 is 14.5. The van der Waals surface area contributed by atoms with Crippen LogP contribution >= 0.6 is 0 Å². The lowest BCUT2D eigenvalue weighted by atomic mass is 9.82. The number of carbonyl (C=O) groups is 3. The number of rotatable bonds is 8. The van der Waals surface area contributed by atoms with E-state index in [0.29, 0.717) is 12.8 Å². The van der Waals surface area contributed by atoms with Crippen LogP contribution in [0.3, 0.4) is 0 Å². The predicted molar refractivity (Wildman–Crippen MR) is 104 cm³/mol. The molecule has 1 unspecified atom stereocenters. The van der Waals surface area contributed by atoms with Crippen molar-refractivity contribution in [1.29, 1.82) is 0 Å². The molecule has 0 saturated heterocycles. The van der Waals surface area contributed by atoms with E-state index in [1.807, 2.05) is 6.92 Å². The zero-order valence-corrected chi connectivity index (χ0v) is 17.0. The molecule has 0 heterocycles. The maximum Gasteiger partial charge on any atom is 0.359 e. The Morgan fingerprint density at radius 1 is 1.07 bits per heavy atom. The monoisotopic (exact) mass is 401 g/mol. The normalized spacial score (nSPS) is 11.6. The highest BCUT2D eigenvalue weighted by molar-refractivity contribution is 6.15. The molecular weight excluding hydrogens is 378 g/mol. The second-order valence-corrected chi connectivity index (χ2v) is 5.23. The number of carbonyl (C=O) groups excluding carboxylic acids is 3. The lowest BCUT2D eigenvalue weighted by molar-refractivity contribution is -0.162. The van der Waals surface area contributed by atoms with Crippen LogP contribution in [0.5, 0.6) is 0 Å². The summed E-state index contributed by atoms with van der Waals surface area (Å²) in [4.78, 5) is 42.6. The topological polar surface area (TPSA) is 100 Å². The third-order valence-electron chi connectivity index (χ3n) is 3.07. The standard InChI is InChI=1S/C21H23NO7/c1-6-10-14-26-18(23)17(16-22-29-13-9-4)21(5,19(24)27-12-8-3)20(25)28-15-11-7-2/h9,11,13,15H,6-7H2,1-5H3. The van der Waals surface area contributed by atoms with Gasteiger partial charge in [0, 0.05) is 19.2 Å². The van der Waals surface area contributed by atoms with E-state index in [4.69, 9.17) is 19.0 Å². The molecule has 0 aliphatic rings. The van der Waals surface area contributed by atoms with Gasteiger partial charge in [-0.15, -0.1) is 0 Å². The molecule has 0 aromatic rings. The van der Waals surface area contributed by atoms with Crippen LogP contribution < -0.4 is 0 Å². The van der Waals surface area contributed by atoms with E-state index in [-0.39, 0.29) is 0 Å². The highest BCUT2D eigenvalue weighted by atomic mass is 16.6. The Bertz CT molecular complexity index is 840. The van der Waals surface area contributed by atoms with Crippen molar-refractivity contribution in [2.45, 2.75) is 47.5 Å². The number of ether oxygens (including phenoxy) is 3. The van der Waals surface area contributed by atoms with Crippen LogP contribution in [0.2, 0.25) is 0 Å². The first kappa shape index (κ1) is 25.3. The minimum Gasteiger partial charge on any atom is -0.434 e. The third kappa shape index (κ3) is 8.21. The molecular formula is C21H23NO7. The summed E-state index contributed by atoms with van der Waals surface area (Å²) >= 11 is 0.